The first-order valence-corrected chi connectivity index (χ1v) is 7.97. The van der Waals surface area contributed by atoms with E-state index < -0.39 is 0 Å². The average Bonchev–Trinajstić information content (AvgIpc) is 2.94. The Morgan fingerprint density at radius 3 is 2.95 bits per heavy atom. The van der Waals surface area contributed by atoms with E-state index in [0.717, 1.165) is 17.0 Å². The Kier molecular flexibility index (Phi) is 4.31. The molecule has 2 aromatic rings. The number of carbonyl (C=O) groups is 1. The third-order valence-corrected chi connectivity index (χ3v) is 4.59. The second kappa shape index (κ2) is 6.37. The van der Waals surface area contributed by atoms with Crippen molar-refractivity contribution >= 4 is 17.2 Å². The van der Waals surface area contributed by atoms with Crippen LogP contribution in [-0.2, 0) is 11.2 Å². The van der Waals surface area contributed by atoms with Gasteiger partial charge in [-0.2, -0.15) is 0 Å². The Labute approximate surface area is 128 Å². The fourth-order valence-electron chi connectivity index (χ4n) is 2.56. The van der Waals surface area contributed by atoms with Crippen LogP contribution in [0.15, 0.2) is 35.8 Å². The van der Waals surface area contributed by atoms with Crippen molar-refractivity contribution in [3.05, 3.63) is 52.0 Å². The van der Waals surface area contributed by atoms with Gasteiger partial charge >= 0.3 is 0 Å². The number of benzene rings is 1. The highest BCUT2D eigenvalue weighted by molar-refractivity contribution is 7.11. The Balaban J connectivity index is 1.66. The zero-order valence-corrected chi connectivity index (χ0v) is 12.8. The van der Waals surface area contributed by atoms with E-state index in [-0.39, 0.29) is 12.0 Å². The molecule has 3 rings (SSSR count). The molecule has 5 heteroatoms. The van der Waals surface area contributed by atoms with Gasteiger partial charge in [-0.1, -0.05) is 30.3 Å². The van der Waals surface area contributed by atoms with E-state index in [1.807, 2.05) is 30.0 Å². The van der Waals surface area contributed by atoms with Crippen LogP contribution in [0.4, 0.5) is 0 Å². The van der Waals surface area contributed by atoms with Gasteiger partial charge in [-0.05, 0) is 12.5 Å². The number of ether oxygens (including phenoxy) is 1. The predicted molar refractivity (Wildman–Crippen MR) is 82.6 cm³/mol. The van der Waals surface area contributed by atoms with Gasteiger partial charge in [0.25, 0.3) is 5.91 Å². The molecular weight excluding hydrogens is 284 g/mol. The monoisotopic (exact) mass is 302 g/mol. The fourth-order valence-corrected chi connectivity index (χ4v) is 3.32. The van der Waals surface area contributed by atoms with Crippen LogP contribution >= 0.6 is 11.3 Å². The molecule has 1 atom stereocenters. The van der Waals surface area contributed by atoms with Gasteiger partial charge in [-0.3, -0.25) is 4.79 Å². The number of rotatable bonds is 3. The molecule has 0 saturated carbocycles. The predicted octanol–water partition coefficient (Wildman–Crippen LogP) is 2.54. The van der Waals surface area contributed by atoms with Crippen LogP contribution in [0.2, 0.25) is 0 Å². The molecule has 4 nitrogen and oxygen atoms in total. The maximum atomic E-state index is 12.5. The molecule has 0 N–H and O–H groups in total. The third kappa shape index (κ3) is 3.31. The van der Waals surface area contributed by atoms with Gasteiger partial charge in [0.15, 0.2) is 0 Å². The Hall–Kier alpha value is -1.72. The molecule has 21 heavy (non-hydrogen) atoms. The minimum absolute atomic E-state index is 0.0679. The van der Waals surface area contributed by atoms with Crippen LogP contribution < -0.4 is 0 Å². The molecule has 1 aliphatic heterocycles. The van der Waals surface area contributed by atoms with Gasteiger partial charge in [0.2, 0.25) is 0 Å². The first-order valence-electron chi connectivity index (χ1n) is 7.09. The molecule has 0 radical (unpaired) electrons. The lowest BCUT2D eigenvalue weighted by atomic mass is 10.1. The minimum atomic E-state index is 0.0679. The van der Waals surface area contributed by atoms with Crippen molar-refractivity contribution in [1.29, 1.82) is 0 Å². The van der Waals surface area contributed by atoms with Crippen molar-refractivity contribution in [3.63, 3.8) is 0 Å². The van der Waals surface area contributed by atoms with Crippen LogP contribution in [0.5, 0.6) is 0 Å². The Bertz CT molecular complexity index is 612. The number of aromatic nitrogens is 1. The Morgan fingerprint density at radius 2 is 2.24 bits per heavy atom. The highest BCUT2D eigenvalue weighted by atomic mass is 32.1. The number of hydrogen-bond donors (Lipinski definition) is 0. The molecular formula is C16H18N2O2S. The summed E-state index contributed by atoms with van der Waals surface area (Å²) >= 11 is 1.41. The summed E-state index contributed by atoms with van der Waals surface area (Å²) in [6.45, 7) is 3.78. The lowest BCUT2D eigenvalue weighted by Gasteiger charge is -2.33. The zero-order valence-electron chi connectivity index (χ0n) is 12.0. The first kappa shape index (κ1) is 14.2. The lowest BCUT2D eigenvalue weighted by Crippen LogP contribution is -2.46. The van der Waals surface area contributed by atoms with Crippen molar-refractivity contribution in [1.82, 2.24) is 9.88 Å². The average molecular weight is 302 g/mol. The van der Waals surface area contributed by atoms with Crippen LogP contribution in [0.3, 0.4) is 0 Å². The molecule has 1 aromatic carbocycles. The normalized spacial score (nSPS) is 18.7. The third-order valence-electron chi connectivity index (χ3n) is 3.67. The number of aryl methyl sites for hydroxylation is 1. The van der Waals surface area contributed by atoms with Crippen LogP contribution in [-0.4, -0.2) is 41.6 Å². The minimum Gasteiger partial charge on any atom is -0.374 e. The molecule has 0 spiro atoms. The maximum Gasteiger partial charge on any atom is 0.266 e. The number of thiazole rings is 1. The van der Waals surface area contributed by atoms with Crippen molar-refractivity contribution in [3.8, 4) is 0 Å². The van der Waals surface area contributed by atoms with Crippen LogP contribution in [0, 0.1) is 6.92 Å². The maximum absolute atomic E-state index is 12.5. The second-order valence-electron chi connectivity index (χ2n) is 5.20. The number of morpholine rings is 1. The molecule has 1 saturated heterocycles. The highest BCUT2D eigenvalue weighted by Gasteiger charge is 2.26. The van der Waals surface area contributed by atoms with E-state index in [2.05, 4.69) is 17.1 Å². The Morgan fingerprint density at radius 1 is 1.43 bits per heavy atom. The molecule has 110 valence electrons. The van der Waals surface area contributed by atoms with E-state index in [1.54, 1.807) is 5.51 Å². The van der Waals surface area contributed by atoms with E-state index in [1.165, 1.54) is 16.9 Å². The van der Waals surface area contributed by atoms with Gasteiger partial charge < -0.3 is 9.64 Å². The molecule has 1 amide bonds. The zero-order chi connectivity index (χ0) is 14.7. The van der Waals surface area contributed by atoms with Gasteiger partial charge in [-0.25, -0.2) is 4.98 Å². The summed E-state index contributed by atoms with van der Waals surface area (Å²) in [6.07, 6.45) is 0.907. The lowest BCUT2D eigenvalue weighted by molar-refractivity contribution is -0.0206. The van der Waals surface area contributed by atoms with Gasteiger partial charge in [-0.15, -0.1) is 11.3 Å². The fraction of sp³-hybridized carbons (Fsp3) is 0.375. The number of hydrogen-bond acceptors (Lipinski definition) is 4. The molecule has 0 bridgehead atoms. The largest absolute Gasteiger partial charge is 0.374 e. The summed E-state index contributed by atoms with van der Waals surface area (Å²) in [5.74, 6) is 0.0800. The first-order chi connectivity index (χ1) is 10.2. The molecule has 2 heterocycles. The van der Waals surface area contributed by atoms with Crippen molar-refractivity contribution < 1.29 is 9.53 Å². The van der Waals surface area contributed by atoms with Gasteiger partial charge in [0, 0.05) is 19.5 Å². The number of nitrogens with zero attached hydrogens (tertiary/aromatic N) is 2. The van der Waals surface area contributed by atoms with Crippen LogP contribution in [0.1, 0.15) is 20.9 Å². The number of carbonyl (C=O) groups excluding carboxylic acids is 1. The van der Waals surface area contributed by atoms with Crippen molar-refractivity contribution in [2.45, 2.75) is 19.4 Å². The molecule has 0 unspecified atom stereocenters. The number of amides is 1. The summed E-state index contributed by atoms with van der Waals surface area (Å²) in [6, 6.07) is 10.3. The van der Waals surface area contributed by atoms with Crippen molar-refractivity contribution in [2.75, 3.05) is 19.7 Å². The molecule has 0 aliphatic carbocycles. The van der Waals surface area contributed by atoms with E-state index >= 15 is 0 Å². The molecule has 1 aliphatic rings. The molecule has 1 aromatic heterocycles. The summed E-state index contributed by atoms with van der Waals surface area (Å²) in [5.41, 5.74) is 3.78. The summed E-state index contributed by atoms with van der Waals surface area (Å²) in [7, 11) is 0. The molecule has 1 fully saturated rings. The summed E-state index contributed by atoms with van der Waals surface area (Å²) in [4.78, 5) is 19.3. The SMILES string of the molecule is Cc1ncsc1C(=O)N1CCO[C@@H](Cc2ccccc2)C1. The smallest absolute Gasteiger partial charge is 0.266 e. The van der Waals surface area contributed by atoms with Crippen LogP contribution in [0.25, 0.3) is 0 Å². The quantitative estimate of drug-likeness (QED) is 0.875. The van der Waals surface area contributed by atoms with Gasteiger partial charge in [0.05, 0.1) is 23.9 Å². The van der Waals surface area contributed by atoms with E-state index in [0.29, 0.717) is 19.7 Å². The second-order valence-corrected chi connectivity index (χ2v) is 6.06. The van der Waals surface area contributed by atoms with E-state index in [4.69, 9.17) is 4.74 Å². The van der Waals surface area contributed by atoms with Gasteiger partial charge in [0.1, 0.15) is 4.88 Å². The van der Waals surface area contributed by atoms with Crippen molar-refractivity contribution in [2.24, 2.45) is 0 Å². The standard InChI is InChI=1S/C16H18N2O2S/c1-12-15(21-11-17-12)16(19)18-7-8-20-14(10-18)9-13-5-3-2-4-6-13/h2-6,11,14H,7-10H2,1H3/t14-/m0/s1. The van der Waals surface area contributed by atoms with E-state index in [9.17, 15) is 4.79 Å². The summed E-state index contributed by atoms with van der Waals surface area (Å²) in [5, 5.41) is 0. The topological polar surface area (TPSA) is 42.4 Å². The highest BCUT2D eigenvalue weighted by Crippen LogP contribution is 2.18. The summed E-state index contributed by atoms with van der Waals surface area (Å²) < 4.78 is 5.80.